The van der Waals surface area contributed by atoms with Gasteiger partial charge in [-0.1, -0.05) is 0 Å². The topological polar surface area (TPSA) is 58.4 Å². The van der Waals surface area contributed by atoms with Gasteiger partial charge < -0.3 is 14.6 Å². The molecule has 1 aliphatic rings. The van der Waals surface area contributed by atoms with Crippen LogP contribution in [0.3, 0.4) is 0 Å². The van der Waals surface area contributed by atoms with Crippen LogP contribution in [0.4, 0.5) is 17.6 Å². The number of carbonyl (C=O) groups is 1. The summed E-state index contributed by atoms with van der Waals surface area (Å²) in [5, 5.41) is 9.58. The highest BCUT2D eigenvalue weighted by Gasteiger charge is 2.57. The van der Waals surface area contributed by atoms with Crippen molar-refractivity contribution in [2.75, 3.05) is 13.1 Å². The summed E-state index contributed by atoms with van der Waals surface area (Å²) in [6, 6.07) is 5.89. The molecule has 1 atom stereocenters. The fourth-order valence-electron chi connectivity index (χ4n) is 3.23. The van der Waals surface area contributed by atoms with E-state index >= 15 is 0 Å². The number of nitrogens with zero attached hydrogens (tertiary/aromatic N) is 3. The van der Waals surface area contributed by atoms with E-state index in [-0.39, 0.29) is 24.8 Å². The second-order valence-corrected chi connectivity index (χ2v) is 6.80. The van der Waals surface area contributed by atoms with Gasteiger partial charge in [0.15, 0.2) is 0 Å². The van der Waals surface area contributed by atoms with E-state index in [9.17, 15) is 27.5 Å². The van der Waals surface area contributed by atoms with Crippen molar-refractivity contribution >= 4 is 5.91 Å². The molecule has 5 nitrogen and oxygen atoms in total. The van der Waals surface area contributed by atoms with Crippen LogP contribution in [0.1, 0.15) is 31.4 Å². The predicted molar refractivity (Wildman–Crippen MR) is 88.8 cm³/mol. The summed E-state index contributed by atoms with van der Waals surface area (Å²) >= 11 is 0. The molecule has 0 unspecified atom stereocenters. The predicted octanol–water partition coefficient (Wildman–Crippen LogP) is 3.03. The maximum absolute atomic E-state index is 13.1. The third kappa shape index (κ3) is 3.69. The van der Waals surface area contributed by atoms with Crippen LogP contribution >= 0.6 is 0 Å². The minimum atomic E-state index is -5.03. The molecule has 1 aromatic carbocycles. The second kappa shape index (κ2) is 6.95. The molecule has 0 spiro atoms. The summed E-state index contributed by atoms with van der Waals surface area (Å²) in [6.45, 7) is 0.680. The minimum absolute atomic E-state index is 0.0163. The van der Waals surface area contributed by atoms with Gasteiger partial charge in [-0.25, -0.2) is 9.37 Å². The smallest absolute Gasteiger partial charge is 0.373 e. The number of imidazole rings is 1. The molecule has 146 valence electrons. The first-order chi connectivity index (χ1) is 12.6. The van der Waals surface area contributed by atoms with Crippen LogP contribution in [-0.2, 0) is 4.79 Å². The van der Waals surface area contributed by atoms with Crippen molar-refractivity contribution in [3.05, 3.63) is 48.3 Å². The van der Waals surface area contributed by atoms with Gasteiger partial charge >= 0.3 is 6.18 Å². The van der Waals surface area contributed by atoms with Crippen LogP contribution in [0.25, 0.3) is 5.69 Å². The van der Waals surface area contributed by atoms with E-state index in [0.29, 0.717) is 19.8 Å². The van der Waals surface area contributed by atoms with Crippen molar-refractivity contribution in [1.82, 2.24) is 14.5 Å². The quantitative estimate of drug-likeness (QED) is 0.827. The Morgan fingerprint density at radius 1 is 1.19 bits per heavy atom. The van der Waals surface area contributed by atoms with Gasteiger partial charge in [-0.3, -0.25) is 4.79 Å². The summed E-state index contributed by atoms with van der Waals surface area (Å²) < 4.78 is 53.5. The standard InChI is InChI=1S/C18H19F4N3O2/c1-17(27,18(20,21)22)16(26)24-8-6-12(7-9-24)15-10-23-11-25(15)14-4-2-13(19)3-5-14/h2-5,10-12,27H,6-9H2,1H3/t17-/m1/s1. The zero-order valence-electron chi connectivity index (χ0n) is 14.6. The minimum Gasteiger partial charge on any atom is -0.373 e. The molecule has 1 aliphatic heterocycles. The lowest BCUT2D eigenvalue weighted by Gasteiger charge is -2.36. The molecule has 0 saturated carbocycles. The molecule has 0 radical (unpaired) electrons. The first-order valence-electron chi connectivity index (χ1n) is 8.48. The third-order valence-corrected chi connectivity index (χ3v) is 4.94. The van der Waals surface area contributed by atoms with Gasteiger partial charge in [0.25, 0.3) is 5.91 Å². The number of carbonyl (C=O) groups excluding carboxylic acids is 1. The Bertz CT molecular complexity index is 807. The second-order valence-electron chi connectivity index (χ2n) is 6.80. The van der Waals surface area contributed by atoms with E-state index in [4.69, 9.17) is 0 Å². The molecule has 0 aliphatic carbocycles. The average Bonchev–Trinajstić information content (AvgIpc) is 3.10. The number of alkyl halides is 3. The fraction of sp³-hybridized carbons (Fsp3) is 0.444. The van der Waals surface area contributed by atoms with Crippen molar-refractivity contribution < 1.29 is 27.5 Å². The lowest BCUT2D eigenvalue weighted by atomic mass is 9.92. The van der Waals surface area contributed by atoms with E-state index in [2.05, 4.69) is 4.98 Å². The van der Waals surface area contributed by atoms with Gasteiger partial charge in [-0.05, 0) is 44.0 Å². The Labute approximate surface area is 153 Å². The number of amides is 1. The van der Waals surface area contributed by atoms with Crippen molar-refractivity contribution in [1.29, 1.82) is 0 Å². The monoisotopic (exact) mass is 385 g/mol. The van der Waals surface area contributed by atoms with Gasteiger partial charge in [-0.15, -0.1) is 0 Å². The van der Waals surface area contributed by atoms with Crippen LogP contribution in [0.2, 0.25) is 0 Å². The highest BCUT2D eigenvalue weighted by atomic mass is 19.4. The number of rotatable bonds is 3. The van der Waals surface area contributed by atoms with E-state index in [1.54, 1.807) is 29.2 Å². The number of aromatic nitrogens is 2. The van der Waals surface area contributed by atoms with Crippen LogP contribution in [0.15, 0.2) is 36.8 Å². The van der Waals surface area contributed by atoms with Crippen molar-refractivity contribution in [2.24, 2.45) is 0 Å². The molecule has 1 fully saturated rings. The number of hydrogen-bond acceptors (Lipinski definition) is 3. The molecule has 1 saturated heterocycles. The molecular formula is C18H19F4N3O2. The van der Waals surface area contributed by atoms with Crippen molar-refractivity contribution in [2.45, 2.75) is 37.5 Å². The van der Waals surface area contributed by atoms with E-state index < -0.39 is 17.7 Å². The molecule has 1 aromatic heterocycles. The Balaban J connectivity index is 1.71. The largest absolute Gasteiger partial charge is 0.426 e. The van der Waals surface area contributed by atoms with E-state index in [0.717, 1.165) is 16.3 Å². The maximum atomic E-state index is 13.1. The van der Waals surface area contributed by atoms with Gasteiger partial charge in [0.1, 0.15) is 5.82 Å². The number of aliphatic hydroxyl groups is 1. The number of halogens is 4. The van der Waals surface area contributed by atoms with Crippen molar-refractivity contribution in [3.8, 4) is 5.69 Å². The van der Waals surface area contributed by atoms with Gasteiger partial charge in [-0.2, -0.15) is 13.2 Å². The lowest BCUT2D eigenvalue weighted by molar-refractivity contribution is -0.250. The van der Waals surface area contributed by atoms with Crippen LogP contribution < -0.4 is 0 Å². The molecule has 1 N–H and O–H groups in total. The Morgan fingerprint density at radius 2 is 1.78 bits per heavy atom. The first-order valence-corrected chi connectivity index (χ1v) is 8.48. The zero-order valence-corrected chi connectivity index (χ0v) is 14.6. The molecular weight excluding hydrogens is 366 g/mol. The summed E-state index contributed by atoms with van der Waals surface area (Å²) in [7, 11) is 0. The Kier molecular flexibility index (Phi) is 4.98. The molecule has 0 bridgehead atoms. The molecule has 3 rings (SSSR count). The van der Waals surface area contributed by atoms with Gasteiger partial charge in [0.05, 0.1) is 6.33 Å². The normalized spacial score (nSPS) is 18.4. The summed E-state index contributed by atoms with van der Waals surface area (Å²) in [6.07, 6.45) is -0.896. The molecule has 2 aromatic rings. The Morgan fingerprint density at radius 3 is 2.33 bits per heavy atom. The van der Waals surface area contributed by atoms with Crippen LogP contribution in [-0.4, -0.2) is 50.3 Å². The summed E-state index contributed by atoms with van der Waals surface area (Å²) in [5.74, 6) is -1.71. The highest BCUT2D eigenvalue weighted by Crippen LogP contribution is 2.34. The number of hydrogen-bond donors (Lipinski definition) is 1. The lowest BCUT2D eigenvalue weighted by Crippen LogP contribution is -2.57. The maximum Gasteiger partial charge on any atom is 0.426 e. The summed E-state index contributed by atoms with van der Waals surface area (Å²) in [5.41, 5.74) is -1.82. The van der Waals surface area contributed by atoms with Crippen LogP contribution in [0, 0.1) is 5.82 Å². The van der Waals surface area contributed by atoms with E-state index in [1.807, 2.05) is 0 Å². The highest BCUT2D eigenvalue weighted by molar-refractivity contribution is 5.85. The summed E-state index contributed by atoms with van der Waals surface area (Å²) in [4.78, 5) is 17.2. The zero-order chi connectivity index (χ0) is 19.8. The molecule has 27 heavy (non-hydrogen) atoms. The third-order valence-electron chi connectivity index (χ3n) is 4.94. The average molecular weight is 385 g/mol. The fourth-order valence-corrected chi connectivity index (χ4v) is 3.23. The van der Waals surface area contributed by atoms with Crippen LogP contribution in [0.5, 0.6) is 0 Å². The number of piperidine rings is 1. The Hall–Kier alpha value is -2.42. The van der Waals surface area contributed by atoms with Crippen molar-refractivity contribution in [3.63, 3.8) is 0 Å². The van der Waals surface area contributed by atoms with E-state index in [1.165, 1.54) is 12.1 Å². The van der Waals surface area contributed by atoms with Gasteiger partial charge in [0, 0.05) is 36.6 Å². The molecule has 2 heterocycles. The number of benzene rings is 1. The molecule has 1 amide bonds. The SMILES string of the molecule is C[C@@](O)(C(=O)N1CCC(c2cncn2-c2ccc(F)cc2)CC1)C(F)(F)F. The van der Waals surface area contributed by atoms with Gasteiger partial charge in [0.2, 0.25) is 5.60 Å². The molecule has 9 heteroatoms. The first kappa shape index (κ1) is 19.3. The number of likely N-dealkylation sites (tertiary alicyclic amines) is 1.